The standard InChI is InChI=1S/C24H24N6O2/c25-24-27-13-17(14-28-24)19-6-3-7-21(29-19)22-15-30(10-11-32-22)23(31)9-8-16-12-26-20-5-2-1-4-18(16)20/h1-7,12-14,22,26H,8-11,15H2,(H2,25,27,28). The molecule has 8 heteroatoms. The number of fused-ring (bicyclic) bond motifs is 1. The molecule has 3 N–H and O–H groups in total. The highest BCUT2D eigenvalue weighted by molar-refractivity contribution is 5.84. The fourth-order valence-corrected chi connectivity index (χ4v) is 4.05. The maximum Gasteiger partial charge on any atom is 0.223 e. The largest absolute Gasteiger partial charge is 0.368 e. The minimum absolute atomic E-state index is 0.131. The Morgan fingerprint density at radius 1 is 1.16 bits per heavy atom. The first-order chi connectivity index (χ1) is 15.7. The summed E-state index contributed by atoms with van der Waals surface area (Å²) >= 11 is 0. The number of rotatable bonds is 5. The van der Waals surface area contributed by atoms with Gasteiger partial charge in [0.2, 0.25) is 11.9 Å². The summed E-state index contributed by atoms with van der Waals surface area (Å²) in [6, 6.07) is 13.9. The van der Waals surface area contributed by atoms with Crippen molar-refractivity contribution in [3.8, 4) is 11.3 Å². The molecule has 0 bridgehead atoms. The lowest BCUT2D eigenvalue weighted by Crippen LogP contribution is -2.42. The number of hydrogen-bond donors (Lipinski definition) is 2. The molecule has 1 unspecified atom stereocenters. The van der Waals surface area contributed by atoms with Crippen molar-refractivity contribution in [3.05, 3.63) is 72.3 Å². The first-order valence-electron chi connectivity index (χ1n) is 10.7. The van der Waals surface area contributed by atoms with E-state index in [-0.39, 0.29) is 18.0 Å². The van der Waals surface area contributed by atoms with E-state index in [1.165, 1.54) is 10.9 Å². The quantitative estimate of drug-likeness (QED) is 0.505. The molecule has 32 heavy (non-hydrogen) atoms. The van der Waals surface area contributed by atoms with Crippen molar-refractivity contribution in [2.75, 3.05) is 25.4 Å². The lowest BCUT2D eigenvalue weighted by atomic mass is 10.1. The van der Waals surface area contributed by atoms with Crippen molar-refractivity contribution < 1.29 is 9.53 Å². The minimum atomic E-state index is -0.268. The van der Waals surface area contributed by atoms with Gasteiger partial charge in [-0.05, 0) is 30.2 Å². The first kappa shape index (κ1) is 20.1. The summed E-state index contributed by atoms with van der Waals surface area (Å²) in [6.45, 7) is 1.57. The van der Waals surface area contributed by atoms with Gasteiger partial charge in [-0.25, -0.2) is 15.0 Å². The van der Waals surface area contributed by atoms with E-state index in [0.29, 0.717) is 32.5 Å². The highest BCUT2D eigenvalue weighted by Gasteiger charge is 2.26. The molecule has 1 atom stereocenters. The number of carbonyl (C=O) groups excluding carboxylic acids is 1. The Morgan fingerprint density at radius 3 is 2.88 bits per heavy atom. The molecule has 3 aromatic heterocycles. The van der Waals surface area contributed by atoms with Crippen molar-refractivity contribution in [1.82, 2.24) is 24.8 Å². The predicted molar refractivity (Wildman–Crippen MR) is 122 cm³/mol. The summed E-state index contributed by atoms with van der Waals surface area (Å²) in [5.74, 6) is 0.356. The summed E-state index contributed by atoms with van der Waals surface area (Å²) in [5.41, 5.74) is 10.1. The molecule has 5 rings (SSSR count). The monoisotopic (exact) mass is 428 g/mol. The Bertz CT molecular complexity index is 1240. The van der Waals surface area contributed by atoms with Crippen LogP contribution in [0.1, 0.15) is 23.8 Å². The number of pyridine rings is 1. The Morgan fingerprint density at radius 2 is 2.00 bits per heavy atom. The Hall–Kier alpha value is -3.78. The van der Waals surface area contributed by atoms with Gasteiger partial charge in [-0.2, -0.15) is 0 Å². The molecule has 1 aromatic carbocycles. The van der Waals surface area contributed by atoms with Gasteiger partial charge in [-0.3, -0.25) is 4.79 Å². The smallest absolute Gasteiger partial charge is 0.223 e. The number of amides is 1. The average molecular weight is 428 g/mol. The summed E-state index contributed by atoms with van der Waals surface area (Å²) in [6.07, 6.45) is 6.19. The third-order valence-corrected chi connectivity index (χ3v) is 5.77. The molecular formula is C24H24N6O2. The van der Waals surface area contributed by atoms with Gasteiger partial charge in [-0.1, -0.05) is 24.3 Å². The molecule has 0 saturated carbocycles. The normalized spacial score (nSPS) is 16.4. The highest BCUT2D eigenvalue weighted by Crippen LogP contribution is 2.25. The van der Waals surface area contributed by atoms with Gasteiger partial charge in [0.15, 0.2) is 0 Å². The molecule has 0 spiro atoms. The average Bonchev–Trinajstić information content (AvgIpc) is 3.26. The summed E-state index contributed by atoms with van der Waals surface area (Å²) in [7, 11) is 0. The zero-order chi connectivity index (χ0) is 21.9. The van der Waals surface area contributed by atoms with Crippen LogP contribution in [0.2, 0.25) is 0 Å². The molecule has 1 aliphatic heterocycles. The SMILES string of the molecule is Nc1ncc(-c2cccc(C3CN(C(=O)CCc4c[nH]c5ccccc45)CCO3)n2)cn1. The molecule has 1 aliphatic rings. The predicted octanol–water partition coefficient (Wildman–Crippen LogP) is 3.13. The van der Waals surface area contributed by atoms with Crippen molar-refractivity contribution in [2.45, 2.75) is 18.9 Å². The van der Waals surface area contributed by atoms with E-state index in [9.17, 15) is 4.79 Å². The van der Waals surface area contributed by atoms with Crippen LogP contribution in [0.25, 0.3) is 22.2 Å². The molecule has 8 nitrogen and oxygen atoms in total. The van der Waals surface area contributed by atoms with Gasteiger partial charge in [0.1, 0.15) is 6.10 Å². The number of benzene rings is 1. The maximum atomic E-state index is 12.9. The Balaban J connectivity index is 1.25. The molecule has 4 heterocycles. The third kappa shape index (κ3) is 4.17. The second-order valence-electron chi connectivity index (χ2n) is 7.84. The number of aryl methyl sites for hydroxylation is 1. The number of nitrogen functional groups attached to an aromatic ring is 1. The molecule has 1 amide bonds. The number of nitrogens with two attached hydrogens (primary N) is 1. The number of carbonyl (C=O) groups is 1. The van der Waals surface area contributed by atoms with Crippen LogP contribution in [0.5, 0.6) is 0 Å². The van der Waals surface area contributed by atoms with Gasteiger partial charge < -0.3 is 20.4 Å². The van der Waals surface area contributed by atoms with Crippen LogP contribution >= 0.6 is 0 Å². The van der Waals surface area contributed by atoms with Crippen LogP contribution in [0.4, 0.5) is 5.95 Å². The number of morpholine rings is 1. The van der Waals surface area contributed by atoms with E-state index >= 15 is 0 Å². The topological polar surface area (TPSA) is 110 Å². The molecule has 1 fully saturated rings. The van der Waals surface area contributed by atoms with Crippen LogP contribution in [0, 0.1) is 0 Å². The van der Waals surface area contributed by atoms with Crippen molar-refractivity contribution in [1.29, 1.82) is 0 Å². The maximum absolute atomic E-state index is 12.9. The summed E-state index contributed by atoms with van der Waals surface area (Å²) in [4.78, 5) is 30.9. The number of aromatic amines is 1. The van der Waals surface area contributed by atoms with Crippen LogP contribution in [0.3, 0.4) is 0 Å². The number of para-hydroxylation sites is 1. The van der Waals surface area contributed by atoms with E-state index in [1.807, 2.05) is 47.5 Å². The van der Waals surface area contributed by atoms with E-state index in [4.69, 9.17) is 15.5 Å². The number of hydrogen-bond acceptors (Lipinski definition) is 6. The van der Waals surface area contributed by atoms with Crippen LogP contribution in [-0.4, -0.2) is 50.4 Å². The van der Waals surface area contributed by atoms with Gasteiger partial charge in [-0.15, -0.1) is 0 Å². The van der Waals surface area contributed by atoms with Crippen LogP contribution < -0.4 is 5.73 Å². The van der Waals surface area contributed by atoms with E-state index in [1.54, 1.807) is 12.4 Å². The van der Waals surface area contributed by atoms with Crippen molar-refractivity contribution in [3.63, 3.8) is 0 Å². The lowest BCUT2D eigenvalue weighted by molar-refractivity contribution is -0.139. The van der Waals surface area contributed by atoms with Crippen LogP contribution in [-0.2, 0) is 16.0 Å². The van der Waals surface area contributed by atoms with Gasteiger partial charge in [0.05, 0.1) is 24.5 Å². The Labute approximate surface area is 185 Å². The van der Waals surface area contributed by atoms with Crippen molar-refractivity contribution >= 4 is 22.8 Å². The lowest BCUT2D eigenvalue weighted by Gasteiger charge is -2.33. The molecule has 162 valence electrons. The molecule has 0 radical (unpaired) electrons. The number of nitrogens with zero attached hydrogens (tertiary/aromatic N) is 4. The minimum Gasteiger partial charge on any atom is -0.368 e. The number of nitrogens with one attached hydrogen (secondary N) is 1. The van der Waals surface area contributed by atoms with Gasteiger partial charge >= 0.3 is 0 Å². The van der Waals surface area contributed by atoms with Crippen LogP contribution in [0.15, 0.2) is 61.1 Å². The second kappa shape index (κ2) is 8.76. The van der Waals surface area contributed by atoms with Gasteiger partial charge in [0, 0.05) is 48.0 Å². The van der Waals surface area contributed by atoms with Crippen molar-refractivity contribution in [2.24, 2.45) is 0 Å². The summed E-state index contributed by atoms with van der Waals surface area (Å²) < 4.78 is 5.95. The fraction of sp³-hybridized carbons (Fsp3) is 0.250. The number of ether oxygens (including phenoxy) is 1. The van der Waals surface area contributed by atoms with E-state index in [0.717, 1.165) is 22.5 Å². The number of aromatic nitrogens is 4. The van der Waals surface area contributed by atoms with Gasteiger partial charge in [0.25, 0.3) is 0 Å². The number of anilines is 1. The second-order valence-corrected chi connectivity index (χ2v) is 7.84. The molecule has 4 aromatic rings. The third-order valence-electron chi connectivity index (χ3n) is 5.77. The zero-order valence-corrected chi connectivity index (χ0v) is 17.6. The number of H-pyrrole nitrogens is 1. The molecule has 0 aliphatic carbocycles. The molecular weight excluding hydrogens is 404 g/mol. The first-order valence-corrected chi connectivity index (χ1v) is 10.7. The molecule has 1 saturated heterocycles. The Kier molecular flexibility index (Phi) is 5.51. The summed E-state index contributed by atoms with van der Waals surface area (Å²) in [5, 5.41) is 1.17. The highest BCUT2D eigenvalue weighted by atomic mass is 16.5. The van der Waals surface area contributed by atoms with E-state index in [2.05, 4.69) is 21.0 Å². The fourth-order valence-electron chi connectivity index (χ4n) is 4.05. The van der Waals surface area contributed by atoms with E-state index < -0.39 is 0 Å². The zero-order valence-electron chi connectivity index (χ0n) is 17.6.